The van der Waals surface area contributed by atoms with Gasteiger partial charge < -0.3 is 0 Å². The molecule has 0 spiro atoms. The van der Waals surface area contributed by atoms with Gasteiger partial charge in [-0.3, -0.25) is 4.90 Å². The molecule has 2 aliphatic heterocycles. The molecule has 2 aliphatic rings. The van der Waals surface area contributed by atoms with Gasteiger partial charge in [0.2, 0.25) is 10.0 Å². The van der Waals surface area contributed by atoms with Crippen LogP contribution >= 0.6 is 23.4 Å². The van der Waals surface area contributed by atoms with Gasteiger partial charge in [0.25, 0.3) is 0 Å². The Balaban J connectivity index is 1.51. The molecule has 0 bridgehead atoms. The summed E-state index contributed by atoms with van der Waals surface area (Å²) in [6.45, 7) is 2.50. The molecule has 1 N–H and O–H groups in total. The van der Waals surface area contributed by atoms with Crippen molar-refractivity contribution in [2.75, 3.05) is 31.1 Å². The molecule has 2 heterocycles. The van der Waals surface area contributed by atoms with E-state index in [1.54, 1.807) is 0 Å². The van der Waals surface area contributed by atoms with E-state index in [0.29, 0.717) is 18.5 Å². The maximum absolute atomic E-state index is 13.2. The molecule has 0 aliphatic carbocycles. The molecule has 0 unspecified atom stereocenters. The van der Waals surface area contributed by atoms with E-state index in [1.807, 2.05) is 11.8 Å². The lowest BCUT2D eigenvalue weighted by Gasteiger charge is -2.35. The number of thioether (sulfide) groups is 1. The van der Waals surface area contributed by atoms with Crippen LogP contribution in [0.2, 0.25) is 5.02 Å². The van der Waals surface area contributed by atoms with E-state index in [4.69, 9.17) is 11.6 Å². The van der Waals surface area contributed by atoms with Crippen LogP contribution in [0.25, 0.3) is 0 Å². The van der Waals surface area contributed by atoms with Crippen molar-refractivity contribution in [2.45, 2.75) is 30.2 Å². The first-order valence-electron chi connectivity index (χ1n) is 8.22. The van der Waals surface area contributed by atoms with Crippen LogP contribution in [0, 0.1) is 11.7 Å². The molecule has 2 fully saturated rings. The molecule has 1 atom stereocenters. The van der Waals surface area contributed by atoms with Gasteiger partial charge in [0.1, 0.15) is 5.82 Å². The highest BCUT2D eigenvalue weighted by molar-refractivity contribution is 7.99. The molecule has 0 aromatic heterocycles. The minimum atomic E-state index is -3.65. The number of hydrogen-bond acceptors (Lipinski definition) is 4. The van der Waals surface area contributed by atoms with Crippen LogP contribution in [0.1, 0.15) is 19.3 Å². The van der Waals surface area contributed by atoms with Crippen molar-refractivity contribution in [1.29, 1.82) is 0 Å². The highest BCUT2D eigenvalue weighted by Crippen LogP contribution is 2.27. The fraction of sp³-hybridized carbons (Fsp3) is 0.625. The zero-order valence-electron chi connectivity index (χ0n) is 13.4. The molecule has 4 nitrogen and oxygen atoms in total. The molecule has 1 aromatic rings. The predicted octanol–water partition coefficient (Wildman–Crippen LogP) is 2.97. The van der Waals surface area contributed by atoms with Crippen molar-refractivity contribution in [3.05, 3.63) is 29.0 Å². The van der Waals surface area contributed by atoms with E-state index in [1.165, 1.54) is 24.0 Å². The summed E-state index contributed by atoms with van der Waals surface area (Å²) >= 11 is 7.69. The van der Waals surface area contributed by atoms with Gasteiger partial charge in [-0.05, 0) is 62.2 Å². The summed E-state index contributed by atoms with van der Waals surface area (Å²) in [4.78, 5) is 2.56. The summed E-state index contributed by atoms with van der Waals surface area (Å²) in [6, 6.07) is 4.17. The maximum atomic E-state index is 13.2. The number of likely N-dealkylation sites (tertiary alicyclic amines) is 1. The number of benzene rings is 1. The number of halogens is 2. The molecule has 0 saturated carbocycles. The summed E-state index contributed by atoms with van der Waals surface area (Å²) in [6.07, 6.45) is 3.29. The lowest BCUT2D eigenvalue weighted by atomic mass is 9.96. The summed E-state index contributed by atoms with van der Waals surface area (Å²) in [5, 5.41) is -0.180. The molecule has 2 saturated heterocycles. The van der Waals surface area contributed by atoms with Gasteiger partial charge in [-0.1, -0.05) is 11.6 Å². The molecule has 8 heteroatoms. The van der Waals surface area contributed by atoms with E-state index in [9.17, 15) is 12.8 Å². The predicted molar refractivity (Wildman–Crippen MR) is 96.6 cm³/mol. The SMILES string of the molecule is O=S(=O)(NCC1CCN([C@@H]2CCSC2)CC1)c1ccc(F)c(Cl)c1. The Hall–Kier alpha value is -0.340. The molecule has 3 rings (SSSR count). The summed E-state index contributed by atoms with van der Waals surface area (Å²) in [5.41, 5.74) is 0. The topological polar surface area (TPSA) is 49.4 Å². The van der Waals surface area contributed by atoms with Gasteiger partial charge in [0.05, 0.1) is 9.92 Å². The van der Waals surface area contributed by atoms with E-state index >= 15 is 0 Å². The minimum Gasteiger partial charge on any atom is -0.300 e. The Labute approximate surface area is 152 Å². The monoisotopic (exact) mass is 392 g/mol. The third-order valence-electron chi connectivity index (χ3n) is 4.83. The first-order valence-corrected chi connectivity index (χ1v) is 11.2. The van der Waals surface area contributed by atoms with Crippen molar-refractivity contribution < 1.29 is 12.8 Å². The van der Waals surface area contributed by atoms with Gasteiger partial charge in [0.15, 0.2) is 0 Å². The number of piperidine rings is 1. The zero-order valence-corrected chi connectivity index (χ0v) is 15.8. The quantitative estimate of drug-likeness (QED) is 0.836. The largest absolute Gasteiger partial charge is 0.300 e. The first kappa shape index (κ1) is 18.5. The highest BCUT2D eigenvalue weighted by atomic mass is 35.5. The van der Waals surface area contributed by atoms with Gasteiger partial charge in [0, 0.05) is 18.3 Å². The number of nitrogens with one attached hydrogen (secondary N) is 1. The zero-order chi connectivity index (χ0) is 17.2. The van der Waals surface area contributed by atoms with Crippen LogP contribution in [0.3, 0.4) is 0 Å². The second kappa shape index (κ2) is 7.91. The minimum absolute atomic E-state index is 0.00863. The fourth-order valence-electron chi connectivity index (χ4n) is 3.29. The molecular formula is C16H22ClFN2O2S2. The van der Waals surface area contributed by atoms with E-state index in [-0.39, 0.29) is 9.92 Å². The van der Waals surface area contributed by atoms with Crippen LogP contribution in [-0.4, -0.2) is 50.5 Å². The Morgan fingerprint density at radius 1 is 1.29 bits per heavy atom. The van der Waals surface area contributed by atoms with Crippen LogP contribution in [-0.2, 0) is 10.0 Å². The van der Waals surface area contributed by atoms with Crippen molar-refractivity contribution in [1.82, 2.24) is 9.62 Å². The normalized spacial score (nSPS) is 23.7. The Bertz CT molecular complexity index is 673. The van der Waals surface area contributed by atoms with E-state index < -0.39 is 15.8 Å². The number of nitrogens with zero attached hydrogens (tertiary/aromatic N) is 1. The lowest BCUT2D eigenvalue weighted by Crippen LogP contribution is -2.43. The van der Waals surface area contributed by atoms with Crippen molar-refractivity contribution >= 4 is 33.4 Å². The van der Waals surface area contributed by atoms with Gasteiger partial charge in [-0.15, -0.1) is 0 Å². The second-order valence-electron chi connectivity index (χ2n) is 6.42. The van der Waals surface area contributed by atoms with Crippen molar-refractivity contribution in [2.24, 2.45) is 5.92 Å². The van der Waals surface area contributed by atoms with Gasteiger partial charge >= 0.3 is 0 Å². The molecule has 1 aromatic carbocycles. The Morgan fingerprint density at radius 2 is 2.04 bits per heavy atom. The maximum Gasteiger partial charge on any atom is 0.240 e. The first-order chi connectivity index (χ1) is 11.5. The molecular weight excluding hydrogens is 371 g/mol. The number of sulfonamides is 1. The highest BCUT2D eigenvalue weighted by Gasteiger charge is 2.28. The van der Waals surface area contributed by atoms with Crippen LogP contribution in [0.4, 0.5) is 4.39 Å². The van der Waals surface area contributed by atoms with Crippen molar-refractivity contribution in [3.8, 4) is 0 Å². The summed E-state index contributed by atoms with van der Waals surface area (Å²) < 4.78 is 40.4. The van der Waals surface area contributed by atoms with E-state index in [2.05, 4.69) is 9.62 Å². The molecule has 24 heavy (non-hydrogen) atoms. The molecule has 0 amide bonds. The third-order valence-corrected chi connectivity index (χ3v) is 7.69. The fourth-order valence-corrected chi connectivity index (χ4v) is 5.93. The molecule has 0 radical (unpaired) electrons. The molecule has 134 valence electrons. The van der Waals surface area contributed by atoms with Gasteiger partial charge in [-0.2, -0.15) is 11.8 Å². The number of rotatable bonds is 5. The summed E-state index contributed by atoms with van der Waals surface area (Å²) in [7, 11) is -3.65. The lowest BCUT2D eigenvalue weighted by molar-refractivity contribution is 0.145. The van der Waals surface area contributed by atoms with Crippen LogP contribution in [0.15, 0.2) is 23.1 Å². The smallest absolute Gasteiger partial charge is 0.240 e. The van der Waals surface area contributed by atoms with E-state index in [0.717, 1.165) is 38.1 Å². The second-order valence-corrected chi connectivity index (χ2v) is 9.75. The van der Waals surface area contributed by atoms with Crippen molar-refractivity contribution in [3.63, 3.8) is 0 Å². The van der Waals surface area contributed by atoms with Crippen LogP contribution in [0.5, 0.6) is 0 Å². The van der Waals surface area contributed by atoms with Crippen LogP contribution < -0.4 is 4.72 Å². The average molecular weight is 393 g/mol. The Morgan fingerprint density at radius 3 is 2.67 bits per heavy atom. The Kier molecular flexibility index (Phi) is 6.08. The standard InChI is InChI=1S/C16H22ClFN2O2S2/c17-15-9-14(1-2-16(15)18)24(21,22)19-10-12-3-6-20(7-4-12)13-5-8-23-11-13/h1-2,9,12-13,19H,3-8,10-11H2/t13-/m1/s1. The number of hydrogen-bond donors (Lipinski definition) is 1. The average Bonchev–Trinajstić information content (AvgIpc) is 3.10. The van der Waals surface area contributed by atoms with Gasteiger partial charge in [-0.25, -0.2) is 17.5 Å². The third kappa shape index (κ3) is 4.43. The summed E-state index contributed by atoms with van der Waals surface area (Å²) in [5.74, 6) is 2.21.